The van der Waals surface area contributed by atoms with Gasteiger partial charge in [0.2, 0.25) is 0 Å². The first kappa shape index (κ1) is 22.1. The smallest absolute Gasteiger partial charge is 0.278 e. The fourth-order valence-corrected chi connectivity index (χ4v) is 5.19. The van der Waals surface area contributed by atoms with Gasteiger partial charge >= 0.3 is 0 Å². The van der Waals surface area contributed by atoms with Crippen LogP contribution in [-0.2, 0) is 24.8 Å². The molecular weight excluding hydrogens is 444 g/mol. The number of anilines is 1. The molecule has 182 valence electrons. The van der Waals surface area contributed by atoms with Crippen molar-refractivity contribution in [3.63, 3.8) is 0 Å². The van der Waals surface area contributed by atoms with Gasteiger partial charge in [0, 0.05) is 45.1 Å². The Hall–Kier alpha value is -3.36. The standard InChI is InChI=1S/C27H30N4O4/c1-30-20(17-28-19-8-11-33-12-9-19)16-23(29-30)27(32)31-10-7-22-21(3-2-4-24(22)31)18-5-6-25-26(15-18)35-14-13-34-25/h2-6,15-16,19,28H,7-14,17H2,1H3. The minimum atomic E-state index is -0.0593. The Morgan fingerprint density at radius 1 is 1.06 bits per heavy atom. The first-order chi connectivity index (χ1) is 17.2. The van der Waals surface area contributed by atoms with Gasteiger partial charge in [-0.25, -0.2) is 0 Å². The van der Waals surface area contributed by atoms with E-state index in [9.17, 15) is 4.79 Å². The highest BCUT2D eigenvalue weighted by Crippen LogP contribution is 2.40. The summed E-state index contributed by atoms with van der Waals surface area (Å²) in [5.74, 6) is 1.49. The van der Waals surface area contributed by atoms with Gasteiger partial charge < -0.3 is 24.4 Å². The van der Waals surface area contributed by atoms with Crippen LogP contribution in [0.25, 0.3) is 11.1 Å². The van der Waals surface area contributed by atoms with E-state index in [1.54, 1.807) is 0 Å². The summed E-state index contributed by atoms with van der Waals surface area (Å²) in [5.41, 5.74) is 5.81. The Morgan fingerprint density at radius 3 is 2.74 bits per heavy atom. The van der Waals surface area contributed by atoms with Crippen LogP contribution in [0.5, 0.6) is 11.5 Å². The van der Waals surface area contributed by atoms with E-state index in [0.717, 1.165) is 66.5 Å². The van der Waals surface area contributed by atoms with E-state index in [-0.39, 0.29) is 5.91 Å². The molecule has 1 aromatic heterocycles. The van der Waals surface area contributed by atoms with Crippen molar-refractivity contribution in [2.75, 3.05) is 37.9 Å². The van der Waals surface area contributed by atoms with Gasteiger partial charge in [-0.3, -0.25) is 9.48 Å². The minimum Gasteiger partial charge on any atom is -0.486 e. The maximum absolute atomic E-state index is 13.5. The molecule has 6 rings (SSSR count). The molecule has 8 nitrogen and oxygen atoms in total. The van der Waals surface area contributed by atoms with Gasteiger partial charge in [0.15, 0.2) is 17.2 Å². The van der Waals surface area contributed by atoms with Crippen LogP contribution in [0.2, 0.25) is 0 Å². The van der Waals surface area contributed by atoms with Gasteiger partial charge in [-0.2, -0.15) is 5.10 Å². The average molecular weight is 475 g/mol. The number of carbonyl (C=O) groups excluding carboxylic acids is 1. The molecule has 2 aromatic carbocycles. The SMILES string of the molecule is Cn1nc(C(=O)N2CCc3c(-c4ccc5c(c4)OCCO5)cccc32)cc1CNC1CCOCC1. The summed E-state index contributed by atoms with van der Waals surface area (Å²) in [6, 6.07) is 14.6. The summed E-state index contributed by atoms with van der Waals surface area (Å²) in [4.78, 5) is 15.4. The van der Waals surface area contributed by atoms with Crippen LogP contribution in [0.4, 0.5) is 5.69 Å². The van der Waals surface area contributed by atoms with Crippen molar-refractivity contribution in [3.05, 3.63) is 59.4 Å². The Labute approximate surface area is 204 Å². The van der Waals surface area contributed by atoms with Gasteiger partial charge in [-0.15, -0.1) is 0 Å². The molecule has 3 aliphatic heterocycles. The van der Waals surface area contributed by atoms with Crippen LogP contribution < -0.4 is 19.7 Å². The average Bonchev–Trinajstić information content (AvgIpc) is 3.51. The molecule has 1 fully saturated rings. The quantitative estimate of drug-likeness (QED) is 0.611. The van der Waals surface area contributed by atoms with Crippen molar-refractivity contribution >= 4 is 11.6 Å². The van der Waals surface area contributed by atoms with Crippen molar-refractivity contribution in [3.8, 4) is 22.6 Å². The molecule has 35 heavy (non-hydrogen) atoms. The number of carbonyl (C=O) groups is 1. The van der Waals surface area contributed by atoms with Gasteiger partial charge in [-0.1, -0.05) is 18.2 Å². The lowest BCUT2D eigenvalue weighted by Crippen LogP contribution is -2.34. The molecule has 0 unspecified atom stereocenters. The second-order valence-electron chi connectivity index (χ2n) is 9.28. The highest BCUT2D eigenvalue weighted by Gasteiger charge is 2.29. The number of ether oxygens (including phenoxy) is 3. The topological polar surface area (TPSA) is 77.9 Å². The van der Waals surface area contributed by atoms with Gasteiger partial charge in [0.05, 0.1) is 5.69 Å². The molecule has 0 atom stereocenters. The van der Waals surface area contributed by atoms with Gasteiger partial charge in [-0.05, 0) is 60.2 Å². The van der Waals surface area contributed by atoms with Gasteiger partial charge in [0.1, 0.15) is 13.2 Å². The summed E-state index contributed by atoms with van der Waals surface area (Å²) in [6.07, 6.45) is 2.83. The van der Waals surface area contributed by atoms with Crippen LogP contribution >= 0.6 is 0 Å². The van der Waals surface area contributed by atoms with Crippen molar-refractivity contribution in [1.82, 2.24) is 15.1 Å². The minimum absolute atomic E-state index is 0.0593. The summed E-state index contributed by atoms with van der Waals surface area (Å²) < 4.78 is 18.7. The number of hydrogen-bond acceptors (Lipinski definition) is 6. The second kappa shape index (κ2) is 9.36. The van der Waals surface area contributed by atoms with Crippen LogP contribution in [0.15, 0.2) is 42.5 Å². The summed E-state index contributed by atoms with van der Waals surface area (Å²) in [6.45, 7) is 4.06. The number of fused-ring (bicyclic) bond motifs is 2. The molecule has 0 saturated carbocycles. The van der Waals surface area contributed by atoms with Crippen LogP contribution in [0, 0.1) is 0 Å². The molecule has 1 N–H and O–H groups in total. The largest absolute Gasteiger partial charge is 0.486 e. The van der Waals surface area contributed by atoms with Crippen LogP contribution in [0.3, 0.4) is 0 Å². The first-order valence-corrected chi connectivity index (χ1v) is 12.4. The maximum Gasteiger partial charge on any atom is 0.278 e. The van der Waals surface area contributed by atoms with E-state index in [4.69, 9.17) is 14.2 Å². The Balaban J connectivity index is 1.22. The molecule has 0 radical (unpaired) electrons. The highest BCUT2D eigenvalue weighted by molar-refractivity contribution is 6.06. The van der Waals surface area contributed by atoms with E-state index in [1.165, 1.54) is 5.56 Å². The van der Waals surface area contributed by atoms with E-state index < -0.39 is 0 Å². The molecule has 0 bridgehead atoms. The van der Waals surface area contributed by atoms with Crippen LogP contribution in [-0.4, -0.2) is 54.7 Å². The van der Waals surface area contributed by atoms with E-state index >= 15 is 0 Å². The van der Waals surface area contributed by atoms with Gasteiger partial charge in [0.25, 0.3) is 5.91 Å². The lowest BCUT2D eigenvalue weighted by atomic mass is 9.97. The number of hydrogen-bond donors (Lipinski definition) is 1. The molecule has 0 spiro atoms. The molecule has 1 amide bonds. The number of benzene rings is 2. The lowest BCUT2D eigenvalue weighted by Gasteiger charge is -2.23. The first-order valence-electron chi connectivity index (χ1n) is 12.4. The lowest BCUT2D eigenvalue weighted by molar-refractivity contribution is 0.0774. The summed E-state index contributed by atoms with van der Waals surface area (Å²) in [7, 11) is 1.90. The maximum atomic E-state index is 13.5. The van der Waals surface area contributed by atoms with E-state index in [2.05, 4.69) is 22.5 Å². The van der Waals surface area contributed by atoms with Crippen molar-refractivity contribution in [2.24, 2.45) is 7.05 Å². The highest BCUT2D eigenvalue weighted by atomic mass is 16.6. The zero-order valence-electron chi connectivity index (χ0n) is 20.0. The van der Waals surface area contributed by atoms with E-state index in [0.29, 0.717) is 38.0 Å². The Bertz CT molecular complexity index is 1250. The molecule has 4 heterocycles. The third-order valence-electron chi connectivity index (χ3n) is 7.11. The van der Waals surface area contributed by atoms with Crippen molar-refractivity contribution in [1.29, 1.82) is 0 Å². The number of nitrogens with one attached hydrogen (secondary N) is 1. The van der Waals surface area contributed by atoms with Crippen molar-refractivity contribution in [2.45, 2.75) is 31.8 Å². The third-order valence-corrected chi connectivity index (χ3v) is 7.11. The molecule has 1 saturated heterocycles. The number of rotatable bonds is 5. The molecule has 0 aliphatic carbocycles. The number of aryl methyl sites for hydroxylation is 1. The fraction of sp³-hybridized carbons (Fsp3) is 0.407. The zero-order valence-corrected chi connectivity index (χ0v) is 20.0. The third kappa shape index (κ3) is 4.28. The Morgan fingerprint density at radius 2 is 1.89 bits per heavy atom. The van der Waals surface area contributed by atoms with Crippen LogP contribution in [0.1, 0.15) is 34.6 Å². The summed E-state index contributed by atoms with van der Waals surface area (Å²) in [5, 5.41) is 8.13. The summed E-state index contributed by atoms with van der Waals surface area (Å²) >= 11 is 0. The monoisotopic (exact) mass is 474 g/mol. The fourth-order valence-electron chi connectivity index (χ4n) is 5.19. The molecule has 8 heteroatoms. The second-order valence-corrected chi connectivity index (χ2v) is 9.28. The molecular formula is C27H30N4O4. The van der Waals surface area contributed by atoms with E-state index in [1.807, 2.05) is 47.0 Å². The number of aromatic nitrogens is 2. The predicted molar refractivity (Wildman–Crippen MR) is 132 cm³/mol. The van der Waals surface area contributed by atoms with Crippen molar-refractivity contribution < 1.29 is 19.0 Å². The normalized spacial score (nSPS) is 17.5. The number of nitrogens with zero attached hydrogens (tertiary/aromatic N) is 3. The predicted octanol–water partition coefficient (Wildman–Crippen LogP) is 3.33. The zero-order chi connectivity index (χ0) is 23.8. The molecule has 3 aliphatic rings. The number of amides is 1. The molecule has 3 aromatic rings. The Kier molecular flexibility index (Phi) is 5.91.